The van der Waals surface area contributed by atoms with Crippen LogP contribution in [0, 0.1) is 0 Å². The molecule has 4 rings (SSSR count). The van der Waals surface area contributed by atoms with E-state index < -0.39 is 0 Å². The summed E-state index contributed by atoms with van der Waals surface area (Å²) in [5, 5.41) is 4.75. The Labute approximate surface area is 152 Å². The molecule has 0 aliphatic heterocycles. The average molecular weight is 364 g/mol. The number of hydrogen-bond donors (Lipinski definition) is 0. The molecule has 0 N–H and O–H groups in total. The number of rotatable bonds is 3. The van der Waals surface area contributed by atoms with Crippen molar-refractivity contribution in [1.82, 2.24) is 14.3 Å². The molecule has 7 heteroatoms. The van der Waals surface area contributed by atoms with Gasteiger partial charge in [-0.3, -0.25) is 14.3 Å². The van der Waals surface area contributed by atoms with Crippen LogP contribution in [0.3, 0.4) is 0 Å². The van der Waals surface area contributed by atoms with E-state index >= 15 is 0 Å². The highest BCUT2D eigenvalue weighted by atomic mass is 32.1. The zero-order chi connectivity index (χ0) is 18.1. The molecule has 0 saturated heterocycles. The van der Waals surface area contributed by atoms with E-state index in [4.69, 9.17) is 0 Å². The maximum Gasteiger partial charge on any atom is 0.250 e. The van der Waals surface area contributed by atoms with Crippen molar-refractivity contribution in [3.05, 3.63) is 69.8 Å². The Hall–Kier alpha value is -3.06. The van der Waals surface area contributed by atoms with Gasteiger partial charge in [0, 0.05) is 18.9 Å². The Kier molecular flexibility index (Phi) is 4.22. The fraction of sp³-hybridized carbons (Fsp3) is 0.158. The van der Waals surface area contributed by atoms with Gasteiger partial charge < -0.3 is 4.57 Å². The number of carbonyl (C=O) groups excluding carboxylic acids is 1. The number of para-hydroxylation sites is 2. The van der Waals surface area contributed by atoms with Gasteiger partial charge in [0.15, 0.2) is 4.80 Å². The molecule has 2 heterocycles. The molecule has 130 valence electrons. The number of amides is 1. The largest absolute Gasteiger partial charge is 0.319 e. The van der Waals surface area contributed by atoms with Gasteiger partial charge in [-0.1, -0.05) is 35.6 Å². The molecule has 4 aromatic rings. The standard InChI is InChI=1S/C19H16N4O2S/c1-22-15-8-4-5-9-17(15)26-19(22)21-18(25)10-11-23-14-7-3-2-6-13(14)16(24)12-20-23/h2-9,12H,10-11H2,1H3. The molecule has 0 atom stereocenters. The molecule has 26 heavy (non-hydrogen) atoms. The molecule has 2 aromatic heterocycles. The van der Waals surface area contributed by atoms with Crippen LogP contribution in [-0.2, 0) is 18.4 Å². The number of fused-ring (bicyclic) bond motifs is 2. The average Bonchev–Trinajstić information content (AvgIpc) is 2.97. The minimum Gasteiger partial charge on any atom is -0.319 e. The zero-order valence-electron chi connectivity index (χ0n) is 14.1. The topological polar surface area (TPSA) is 69.2 Å². The molecule has 1 amide bonds. The van der Waals surface area contributed by atoms with Crippen LogP contribution < -0.4 is 10.2 Å². The number of nitrogens with zero attached hydrogens (tertiary/aromatic N) is 4. The predicted octanol–water partition coefficient (Wildman–Crippen LogP) is 2.47. The first-order valence-corrected chi connectivity index (χ1v) is 9.02. The smallest absolute Gasteiger partial charge is 0.250 e. The first-order chi connectivity index (χ1) is 12.6. The van der Waals surface area contributed by atoms with E-state index in [2.05, 4.69) is 10.1 Å². The molecular formula is C19H16N4O2S. The summed E-state index contributed by atoms with van der Waals surface area (Å²) >= 11 is 1.49. The van der Waals surface area contributed by atoms with Gasteiger partial charge in [0.1, 0.15) is 0 Å². The molecule has 0 bridgehead atoms. The lowest BCUT2D eigenvalue weighted by atomic mass is 10.2. The monoisotopic (exact) mass is 364 g/mol. The first-order valence-electron chi connectivity index (χ1n) is 8.20. The Morgan fingerprint density at radius 2 is 1.85 bits per heavy atom. The van der Waals surface area contributed by atoms with Gasteiger partial charge in [-0.05, 0) is 24.3 Å². The molecule has 0 radical (unpaired) electrons. The van der Waals surface area contributed by atoms with Crippen LogP contribution in [0.2, 0.25) is 0 Å². The Morgan fingerprint density at radius 3 is 2.65 bits per heavy atom. The lowest BCUT2D eigenvalue weighted by molar-refractivity contribution is -0.118. The van der Waals surface area contributed by atoms with E-state index in [1.54, 1.807) is 10.7 Å². The third kappa shape index (κ3) is 2.97. The quantitative estimate of drug-likeness (QED) is 0.561. The van der Waals surface area contributed by atoms with Crippen LogP contribution in [0.1, 0.15) is 6.42 Å². The van der Waals surface area contributed by atoms with Crippen LogP contribution in [0.15, 0.2) is 64.5 Å². The molecule has 0 spiro atoms. The molecule has 0 aliphatic carbocycles. The normalized spacial score (nSPS) is 12.1. The van der Waals surface area contributed by atoms with Gasteiger partial charge in [-0.2, -0.15) is 10.1 Å². The predicted molar refractivity (Wildman–Crippen MR) is 102 cm³/mol. The van der Waals surface area contributed by atoms with E-state index in [0.717, 1.165) is 15.7 Å². The van der Waals surface area contributed by atoms with Crippen LogP contribution in [-0.4, -0.2) is 20.3 Å². The van der Waals surface area contributed by atoms with E-state index in [1.807, 2.05) is 54.1 Å². The molecule has 0 fully saturated rings. The molecule has 0 unspecified atom stereocenters. The van der Waals surface area contributed by atoms with E-state index in [9.17, 15) is 9.59 Å². The van der Waals surface area contributed by atoms with Crippen molar-refractivity contribution >= 4 is 38.4 Å². The lowest BCUT2D eigenvalue weighted by Gasteiger charge is -2.07. The van der Waals surface area contributed by atoms with Crippen LogP contribution in [0.25, 0.3) is 21.1 Å². The minimum atomic E-state index is -0.211. The highest BCUT2D eigenvalue weighted by Crippen LogP contribution is 2.15. The highest BCUT2D eigenvalue weighted by molar-refractivity contribution is 7.16. The maximum absolute atomic E-state index is 12.3. The number of aryl methyl sites for hydroxylation is 2. The summed E-state index contributed by atoms with van der Waals surface area (Å²) in [6, 6.07) is 15.2. The summed E-state index contributed by atoms with van der Waals surface area (Å²) in [5.41, 5.74) is 1.66. The van der Waals surface area contributed by atoms with Crippen molar-refractivity contribution in [2.75, 3.05) is 0 Å². The van der Waals surface area contributed by atoms with Crippen LogP contribution in [0.4, 0.5) is 0 Å². The summed E-state index contributed by atoms with van der Waals surface area (Å²) < 4.78 is 4.69. The van der Waals surface area contributed by atoms with Crippen molar-refractivity contribution < 1.29 is 4.79 Å². The van der Waals surface area contributed by atoms with Crippen molar-refractivity contribution in [2.24, 2.45) is 12.0 Å². The highest BCUT2D eigenvalue weighted by Gasteiger charge is 2.07. The number of benzene rings is 2. The van der Waals surface area contributed by atoms with E-state index in [1.165, 1.54) is 17.5 Å². The molecular weight excluding hydrogens is 348 g/mol. The maximum atomic E-state index is 12.3. The SMILES string of the molecule is Cn1c(=NC(=O)CCn2ncc(=O)c3ccccc32)sc2ccccc21. The second-order valence-electron chi connectivity index (χ2n) is 5.92. The van der Waals surface area contributed by atoms with Crippen molar-refractivity contribution in [1.29, 1.82) is 0 Å². The lowest BCUT2D eigenvalue weighted by Crippen LogP contribution is -2.16. The fourth-order valence-electron chi connectivity index (χ4n) is 2.89. The summed E-state index contributed by atoms with van der Waals surface area (Å²) in [4.78, 5) is 29.1. The minimum absolute atomic E-state index is 0.120. The number of hydrogen-bond acceptors (Lipinski definition) is 4. The fourth-order valence-corrected chi connectivity index (χ4v) is 3.93. The number of aromatic nitrogens is 3. The third-order valence-electron chi connectivity index (χ3n) is 4.23. The molecule has 6 nitrogen and oxygen atoms in total. The van der Waals surface area contributed by atoms with Crippen molar-refractivity contribution in [3.8, 4) is 0 Å². The van der Waals surface area contributed by atoms with Gasteiger partial charge in [0.05, 0.1) is 28.5 Å². The summed E-state index contributed by atoms with van der Waals surface area (Å²) in [7, 11) is 1.90. The van der Waals surface area contributed by atoms with Gasteiger partial charge in [0.2, 0.25) is 11.3 Å². The Bertz CT molecular complexity index is 1250. The van der Waals surface area contributed by atoms with Gasteiger partial charge >= 0.3 is 0 Å². The van der Waals surface area contributed by atoms with Crippen LogP contribution in [0.5, 0.6) is 0 Å². The van der Waals surface area contributed by atoms with Crippen molar-refractivity contribution in [2.45, 2.75) is 13.0 Å². The second kappa shape index (κ2) is 6.68. The molecule has 2 aromatic carbocycles. The third-order valence-corrected chi connectivity index (χ3v) is 5.35. The van der Waals surface area contributed by atoms with E-state index in [0.29, 0.717) is 16.7 Å². The zero-order valence-corrected chi connectivity index (χ0v) is 14.9. The molecule has 0 saturated carbocycles. The van der Waals surface area contributed by atoms with Crippen LogP contribution >= 0.6 is 11.3 Å². The second-order valence-corrected chi connectivity index (χ2v) is 6.93. The number of carbonyl (C=O) groups is 1. The Balaban J connectivity index is 1.60. The summed E-state index contributed by atoms with van der Waals surface area (Å²) in [6.07, 6.45) is 1.50. The number of thiazole rings is 1. The van der Waals surface area contributed by atoms with Gasteiger partial charge in [0.25, 0.3) is 0 Å². The van der Waals surface area contributed by atoms with E-state index in [-0.39, 0.29) is 17.8 Å². The van der Waals surface area contributed by atoms with Gasteiger partial charge in [-0.25, -0.2) is 0 Å². The van der Waals surface area contributed by atoms with Gasteiger partial charge in [-0.15, -0.1) is 0 Å². The Morgan fingerprint density at radius 1 is 1.12 bits per heavy atom. The summed E-state index contributed by atoms with van der Waals surface area (Å²) in [6.45, 7) is 0.373. The van der Waals surface area contributed by atoms with Crippen molar-refractivity contribution in [3.63, 3.8) is 0 Å². The molecule has 0 aliphatic rings. The first kappa shape index (κ1) is 16.4. The summed E-state index contributed by atoms with van der Waals surface area (Å²) in [5.74, 6) is -0.211.